The fraction of sp³-hybridized carbons (Fsp3) is 0.125. The maximum atomic E-state index is 10.3. The predicted molar refractivity (Wildman–Crippen MR) is 34.3 cm³/mol. The summed E-state index contributed by atoms with van der Waals surface area (Å²) in [4.78, 5) is 10.3. The van der Waals surface area contributed by atoms with Crippen LogP contribution in [-0.2, 0) is 21.1 Å². The Kier molecular flexibility index (Phi) is 4.05. The zero-order chi connectivity index (χ0) is 7.56. The van der Waals surface area contributed by atoms with Gasteiger partial charge in [-0.3, -0.25) is 0 Å². The van der Waals surface area contributed by atoms with Crippen molar-refractivity contribution >= 4 is 5.97 Å². The van der Waals surface area contributed by atoms with Gasteiger partial charge in [0.1, 0.15) is 0 Å². The Morgan fingerprint density at radius 2 is 2.27 bits per heavy atom. The number of rotatable bonds is 1. The Hall–Kier alpha value is -0.622. The van der Waals surface area contributed by atoms with Crippen molar-refractivity contribution in [1.29, 1.82) is 0 Å². The Bertz CT molecular complexity index is 258. The molecule has 0 N–H and O–H groups in total. The van der Waals surface area contributed by atoms with E-state index in [1.807, 2.05) is 0 Å². The second kappa shape index (κ2) is 4.30. The molecular formula is C8H6O2W. The van der Waals surface area contributed by atoms with Crippen molar-refractivity contribution in [2.45, 2.75) is 6.92 Å². The molecule has 0 unspecified atom stereocenters. The Balaban J connectivity index is 0.000001000. The van der Waals surface area contributed by atoms with Crippen molar-refractivity contribution in [1.82, 2.24) is 0 Å². The van der Waals surface area contributed by atoms with E-state index < -0.39 is 5.97 Å². The smallest absolute Gasteiger partial charge is 0.547 e. The quantitative estimate of drug-likeness (QED) is 0.692. The van der Waals surface area contributed by atoms with Crippen LogP contribution in [0.1, 0.15) is 15.9 Å². The van der Waals surface area contributed by atoms with Gasteiger partial charge >= 0.3 is 21.1 Å². The van der Waals surface area contributed by atoms with Gasteiger partial charge in [0, 0.05) is 5.97 Å². The molecule has 0 aliphatic rings. The van der Waals surface area contributed by atoms with Gasteiger partial charge in [0.2, 0.25) is 0 Å². The normalized spacial score (nSPS) is 8.45. The molecule has 0 aromatic heterocycles. The molecule has 1 aromatic rings. The Morgan fingerprint density at radius 3 is 2.64 bits per heavy atom. The summed E-state index contributed by atoms with van der Waals surface area (Å²) in [5, 5.41) is 10.3. The SMILES string of the molecule is Cc1c[c-]ccc1C(=O)[O-].[W+2]. The van der Waals surface area contributed by atoms with Crippen molar-refractivity contribution in [3.05, 3.63) is 35.4 Å². The molecular weight excluding hydrogens is 312 g/mol. The van der Waals surface area contributed by atoms with Crippen molar-refractivity contribution in [3.63, 3.8) is 0 Å². The molecule has 1 aromatic carbocycles. The van der Waals surface area contributed by atoms with Gasteiger partial charge in [-0.1, -0.05) is 6.92 Å². The molecule has 0 amide bonds. The van der Waals surface area contributed by atoms with Crippen molar-refractivity contribution in [2.24, 2.45) is 0 Å². The fourth-order valence-corrected chi connectivity index (χ4v) is 0.743. The molecule has 0 saturated carbocycles. The largest absolute Gasteiger partial charge is 2.00 e. The van der Waals surface area contributed by atoms with Crippen LogP contribution in [0, 0.1) is 13.0 Å². The molecule has 2 nitrogen and oxygen atoms in total. The first-order valence-corrected chi connectivity index (χ1v) is 2.90. The van der Waals surface area contributed by atoms with Gasteiger partial charge in [0.15, 0.2) is 0 Å². The van der Waals surface area contributed by atoms with E-state index in [4.69, 9.17) is 0 Å². The summed E-state index contributed by atoms with van der Waals surface area (Å²) >= 11 is 0. The van der Waals surface area contributed by atoms with Crippen LogP contribution in [0.5, 0.6) is 0 Å². The van der Waals surface area contributed by atoms with Gasteiger partial charge in [0.25, 0.3) is 0 Å². The third-order valence-corrected chi connectivity index (χ3v) is 1.29. The number of benzene rings is 1. The molecule has 0 fully saturated rings. The molecule has 0 spiro atoms. The number of carboxylic acids is 1. The van der Waals surface area contributed by atoms with Gasteiger partial charge in [-0.2, -0.15) is 29.8 Å². The number of carboxylic acid groups (broad SMARTS) is 1. The number of carbonyl (C=O) groups is 1. The molecule has 0 bridgehead atoms. The first-order chi connectivity index (χ1) is 4.72. The maximum absolute atomic E-state index is 10.3. The Labute approximate surface area is 79.5 Å². The Morgan fingerprint density at radius 1 is 1.64 bits per heavy atom. The average molecular weight is 318 g/mol. The van der Waals surface area contributed by atoms with Gasteiger partial charge in [0.05, 0.1) is 0 Å². The summed E-state index contributed by atoms with van der Waals surface area (Å²) in [5.74, 6) is -1.13. The molecule has 0 atom stereocenters. The van der Waals surface area contributed by atoms with E-state index in [1.54, 1.807) is 19.1 Å². The molecule has 0 aliphatic carbocycles. The third kappa shape index (κ3) is 2.47. The van der Waals surface area contributed by atoms with Gasteiger partial charge in [-0.15, -0.1) is 5.56 Å². The van der Waals surface area contributed by atoms with Gasteiger partial charge in [-0.05, 0) is 0 Å². The third-order valence-electron chi connectivity index (χ3n) is 1.29. The van der Waals surface area contributed by atoms with Crippen LogP contribution >= 0.6 is 0 Å². The molecule has 0 radical (unpaired) electrons. The number of aromatic carboxylic acids is 1. The molecule has 3 heteroatoms. The van der Waals surface area contributed by atoms with Crippen LogP contribution in [0.4, 0.5) is 0 Å². The molecule has 56 valence electrons. The number of carbonyl (C=O) groups excluding carboxylic acids is 1. The molecule has 11 heavy (non-hydrogen) atoms. The fourth-order valence-electron chi connectivity index (χ4n) is 0.743. The molecule has 0 aliphatic heterocycles. The summed E-state index contributed by atoms with van der Waals surface area (Å²) in [5.41, 5.74) is 0.918. The topological polar surface area (TPSA) is 40.1 Å². The first kappa shape index (κ1) is 10.4. The standard InChI is InChI=1S/C8H7O2.W/c1-6-4-2-3-5-7(6)8(9)10;/h3-5H,1H3,(H,9,10);/q-1;+2/p-1. The predicted octanol–water partition coefficient (Wildman–Crippen LogP) is 0.156. The molecule has 0 heterocycles. The second-order valence-electron chi connectivity index (χ2n) is 2.03. The van der Waals surface area contributed by atoms with Crippen LogP contribution in [0.3, 0.4) is 0 Å². The summed E-state index contributed by atoms with van der Waals surface area (Å²) in [6.07, 6.45) is 0. The minimum absolute atomic E-state index is 0. The summed E-state index contributed by atoms with van der Waals surface area (Å²) in [7, 11) is 0. The summed E-state index contributed by atoms with van der Waals surface area (Å²) in [6.45, 7) is 1.71. The van der Waals surface area contributed by atoms with E-state index in [-0.39, 0.29) is 26.6 Å². The second-order valence-corrected chi connectivity index (χ2v) is 2.03. The average Bonchev–Trinajstić information content (AvgIpc) is 1.88. The van der Waals surface area contributed by atoms with Crippen LogP contribution in [0.25, 0.3) is 0 Å². The van der Waals surface area contributed by atoms with Crippen molar-refractivity contribution in [2.75, 3.05) is 0 Å². The van der Waals surface area contributed by atoms with E-state index in [9.17, 15) is 9.90 Å². The van der Waals surface area contributed by atoms with E-state index >= 15 is 0 Å². The first-order valence-electron chi connectivity index (χ1n) is 2.90. The maximum Gasteiger partial charge on any atom is 2.00 e. The monoisotopic (exact) mass is 318 g/mol. The zero-order valence-corrected chi connectivity index (χ0v) is 8.89. The van der Waals surface area contributed by atoms with Crippen LogP contribution in [0.2, 0.25) is 0 Å². The van der Waals surface area contributed by atoms with Gasteiger partial charge < -0.3 is 9.90 Å². The van der Waals surface area contributed by atoms with Crippen LogP contribution in [0.15, 0.2) is 18.2 Å². The van der Waals surface area contributed by atoms with E-state index in [0.717, 1.165) is 0 Å². The van der Waals surface area contributed by atoms with Gasteiger partial charge in [-0.25, -0.2) is 0 Å². The number of hydrogen-bond donors (Lipinski definition) is 0. The van der Waals surface area contributed by atoms with Crippen LogP contribution in [-0.4, -0.2) is 5.97 Å². The van der Waals surface area contributed by atoms with Crippen molar-refractivity contribution in [3.8, 4) is 0 Å². The van der Waals surface area contributed by atoms with E-state index in [0.29, 0.717) is 5.56 Å². The van der Waals surface area contributed by atoms with Crippen molar-refractivity contribution < 1.29 is 31.0 Å². The van der Waals surface area contributed by atoms with E-state index in [2.05, 4.69) is 6.07 Å². The molecule has 1 rings (SSSR count). The summed E-state index contributed by atoms with van der Waals surface area (Å²) in [6, 6.07) is 7.41. The number of aryl methyl sites for hydroxylation is 1. The van der Waals surface area contributed by atoms with E-state index in [1.165, 1.54) is 6.07 Å². The summed E-state index contributed by atoms with van der Waals surface area (Å²) < 4.78 is 0. The van der Waals surface area contributed by atoms with Crippen LogP contribution < -0.4 is 5.11 Å². The zero-order valence-electron chi connectivity index (χ0n) is 5.96. The number of hydrogen-bond acceptors (Lipinski definition) is 2. The molecule has 0 saturated heterocycles. The minimum Gasteiger partial charge on any atom is -0.547 e. The minimum atomic E-state index is -1.13.